The lowest BCUT2D eigenvalue weighted by Crippen LogP contribution is -2.06. The van der Waals surface area contributed by atoms with E-state index in [1.54, 1.807) is 54.9 Å². The lowest BCUT2D eigenvalue weighted by Gasteiger charge is -2.11. The molecule has 5 rings (SSSR count). The van der Waals surface area contributed by atoms with E-state index in [2.05, 4.69) is 20.5 Å². The third kappa shape index (κ3) is 4.22. The van der Waals surface area contributed by atoms with E-state index in [0.717, 1.165) is 0 Å². The van der Waals surface area contributed by atoms with Gasteiger partial charge in [-0.1, -0.05) is 6.07 Å². The molecule has 0 fully saturated rings. The van der Waals surface area contributed by atoms with Crippen LogP contribution in [0.4, 0.5) is 5.69 Å². The first-order chi connectivity index (χ1) is 16.9. The maximum Gasteiger partial charge on any atom is 0.345 e. The Bertz CT molecular complexity index is 1620. The van der Waals surface area contributed by atoms with Crippen molar-refractivity contribution in [1.29, 1.82) is 0 Å². The highest BCUT2D eigenvalue weighted by atomic mass is 16.4. The number of aromatic amines is 1. The van der Waals surface area contributed by atoms with E-state index in [4.69, 9.17) is 4.42 Å². The predicted octanol–water partition coefficient (Wildman–Crippen LogP) is 4.21. The zero-order valence-electron chi connectivity index (χ0n) is 18.6. The fraction of sp³-hybridized carbons (Fsp3) is 0.0769. The van der Waals surface area contributed by atoms with E-state index >= 15 is 0 Å². The van der Waals surface area contributed by atoms with Gasteiger partial charge in [0.15, 0.2) is 0 Å². The number of hydrogen-bond acceptors (Lipinski definition) is 7. The molecule has 1 amide bonds. The molecule has 0 spiro atoms. The molecule has 4 N–H and O–H groups in total. The number of hydrogen-bond donors (Lipinski definition) is 4. The van der Waals surface area contributed by atoms with Crippen molar-refractivity contribution in [2.45, 2.75) is 13.3 Å². The third-order valence-corrected chi connectivity index (χ3v) is 5.59. The second kappa shape index (κ2) is 8.79. The quantitative estimate of drug-likeness (QED) is 0.224. The minimum Gasteiger partial charge on any atom is -0.508 e. The highest BCUT2D eigenvalue weighted by Gasteiger charge is 2.19. The number of H-pyrrole nitrogens is 1. The standard InChI is InChI=1S/C26H20N4O5/c1-14(31)29-17-6-8-22(32)19(12-17)24-16(13-28-30-24)11-20-23(33)7-5-15-10-18(26(34)35-25(15)20)21-4-2-3-9-27-21/h2-10,12-13,32-33H,11H2,1H3,(H,28,30)(H,29,31). The second-order valence-corrected chi connectivity index (χ2v) is 8.00. The molecule has 3 heterocycles. The molecular weight excluding hydrogens is 448 g/mol. The number of phenolic OH excluding ortho intramolecular Hbond substituents is 2. The predicted molar refractivity (Wildman–Crippen MR) is 130 cm³/mol. The average Bonchev–Trinajstić information content (AvgIpc) is 3.30. The van der Waals surface area contributed by atoms with Crippen LogP contribution in [0.25, 0.3) is 33.5 Å². The van der Waals surface area contributed by atoms with Crippen LogP contribution in [-0.2, 0) is 11.2 Å². The number of fused-ring (bicyclic) bond motifs is 1. The normalized spacial score (nSPS) is 11.0. The smallest absolute Gasteiger partial charge is 0.345 e. The van der Waals surface area contributed by atoms with E-state index in [1.165, 1.54) is 19.1 Å². The summed E-state index contributed by atoms with van der Waals surface area (Å²) in [4.78, 5) is 28.5. The van der Waals surface area contributed by atoms with Gasteiger partial charge in [0, 0.05) is 47.3 Å². The van der Waals surface area contributed by atoms with Crippen LogP contribution in [0.2, 0.25) is 0 Å². The summed E-state index contributed by atoms with van der Waals surface area (Å²) in [5.41, 5.74) is 2.94. The Labute approximate surface area is 198 Å². The summed E-state index contributed by atoms with van der Waals surface area (Å²) in [6, 6.07) is 14.8. The minimum absolute atomic E-state index is 0.0155. The zero-order chi connectivity index (χ0) is 24.5. The number of pyridine rings is 1. The summed E-state index contributed by atoms with van der Waals surface area (Å²) >= 11 is 0. The first kappa shape index (κ1) is 21.9. The molecule has 0 saturated heterocycles. The third-order valence-electron chi connectivity index (χ3n) is 5.59. The monoisotopic (exact) mass is 468 g/mol. The van der Waals surface area contributed by atoms with Crippen molar-refractivity contribution in [3.63, 3.8) is 0 Å². The van der Waals surface area contributed by atoms with Gasteiger partial charge in [0.05, 0.1) is 23.1 Å². The Morgan fingerprint density at radius 2 is 1.89 bits per heavy atom. The molecule has 3 aromatic heterocycles. The number of rotatable bonds is 5. The molecule has 0 aliphatic rings. The van der Waals surface area contributed by atoms with Gasteiger partial charge in [-0.3, -0.25) is 14.9 Å². The molecule has 0 radical (unpaired) electrons. The van der Waals surface area contributed by atoms with Crippen LogP contribution in [0.15, 0.2) is 76.2 Å². The van der Waals surface area contributed by atoms with E-state index in [-0.39, 0.29) is 29.4 Å². The Morgan fingerprint density at radius 3 is 2.66 bits per heavy atom. The topological polar surface area (TPSA) is 141 Å². The largest absolute Gasteiger partial charge is 0.508 e. The lowest BCUT2D eigenvalue weighted by molar-refractivity contribution is -0.114. The van der Waals surface area contributed by atoms with Crippen LogP contribution in [-0.4, -0.2) is 31.3 Å². The number of carbonyl (C=O) groups is 1. The molecule has 5 aromatic rings. The fourth-order valence-corrected chi connectivity index (χ4v) is 3.99. The Kier molecular flexibility index (Phi) is 5.50. The van der Waals surface area contributed by atoms with Crippen molar-refractivity contribution in [1.82, 2.24) is 15.2 Å². The first-order valence-electron chi connectivity index (χ1n) is 10.7. The number of carbonyl (C=O) groups excluding carboxylic acids is 1. The van der Waals surface area contributed by atoms with Crippen LogP contribution < -0.4 is 10.9 Å². The van der Waals surface area contributed by atoms with Crippen LogP contribution in [0, 0.1) is 0 Å². The van der Waals surface area contributed by atoms with E-state index in [1.807, 2.05) is 0 Å². The van der Waals surface area contributed by atoms with Crippen molar-refractivity contribution in [2.24, 2.45) is 0 Å². The summed E-state index contributed by atoms with van der Waals surface area (Å²) in [7, 11) is 0. The number of benzene rings is 2. The van der Waals surface area contributed by atoms with Gasteiger partial charge in [-0.05, 0) is 48.5 Å². The summed E-state index contributed by atoms with van der Waals surface area (Å²) in [5, 5.41) is 31.4. The van der Waals surface area contributed by atoms with Gasteiger partial charge in [-0.25, -0.2) is 4.79 Å². The number of phenols is 2. The number of aromatic hydroxyl groups is 2. The van der Waals surface area contributed by atoms with E-state index in [0.29, 0.717) is 44.7 Å². The van der Waals surface area contributed by atoms with Crippen LogP contribution in [0.5, 0.6) is 11.5 Å². The van der Waals surface area contributed by atoms with Gasteiger partial charge < -0.3 is 19.9 Å². The summed E-state index contributed by atoms with van der Waals surface area (Å²) in [6.45, 7) is 1.39. The van der Waals surface area contributed by atoms with Crippen molar-refractivity contribution < 1.29 is 19.4 Å². The molecule has 9 nitrogen and oxygen atoms in total. The molecule has 9 heteroatoms. The molecule has 0 aliphatic carbocycles. The van der Waals surface area contributed by atoms with Gasteiger partial charge in [-0.15, -0.1) is 0 Å². The maximum atomic E-state index is 12.8. The highest BCUT2D eigenvalue weighted by Crippen LogP contribution is 2.36. The number of nitrogens with zero attached hydrogens (tertiary/aromatic N) is 2. The first-order valence-corrected chi connectivity index (χ1v) is 10.7. The molecule has 0 saturated carbocycles. The van der Waals surface area contributed by atoms with Gasteiger partial charge >= 0.3 is 5.63 Å². The average molecular weight is 468 g/mol. The number of anilines is 1. The number of nitrogens with one attached hydrogen (secondary N) is 2. The summed E-state index contributed by atoms with van der Waals surface area (Å²) < 4.78 is 5.66. The Hall–Kier alpha value is -4.92. The molecule has 0 unspecified atom stereocenters. The van der Waals surface area contributed by atoms with Gasteiger partial charge in [0.1, 0.15) is 17.1 Å². The SMILES string of the molecule is CC(=O)Nc1ccc(O)c(-c2[nH]ncc2Cc2c(O)ccc3cc(-c4ccccn4)c(=O)oc23)c1. The molecule has 0 aliphatic heterocycles. The number of amides is 1. The molecule has 35 heavy (non-hydrogen) atoms. The summed E-state index contributed by atoms with van der Waals surface area (Å²) in [6.07, 6.45) is 3.32. The zero-order valence-corrected chi connectivity index (χ0v) is 18.6. The molecule has 0 atom stereocenters. The van der Waals surface area contributed by atoms with Crippen molar-refractivity contribution in [3.05, 3.63) is 88.5 Å². The van der Waals surface area contributed by atoms with Gasteiger partial charge in [0.2, 0.25) is 5.91 Å². The molecule has 0 bridgehead atoms. The van der Waals surface area contributed by atoms with Crippen molar-refractivity contribution in [2.75, 3.05) is 5.32 Å². The Balaban J connectivity index is 1.59. The fourth-order valence-electron chi connectivity index (χ4n) is 3.99. The van der Waals surface area contributed by atoms with Crippen LogP contribution in [0.3, 0.4) is 0 Å². The van der Waals surface area contributed by atoms with Gasteiger partial charge in [-0.2, -0.15) is 5.10 Å². The molecular formula is C26H20N4O5. The van der Waals surface area contributed by atoms with Crippen LogP contribution >= 0.6 is 0 Å². The van der Waals surface area contributed by atoms with Crippen molar-refractivity contribution in [3.8, 4) is 34.0 Å². The Morgan fingerprint density at radius 1 is 1.06 bits per heavy atom. The molecule has 174 valence electrons. The van der Waals surface area contributed by atoms with Crippen molar-refractivity contribution >= 4 is 22.6 Å². The summed E-state index contributed by atoms with van der Waals surface area (Å²) in [5.74, 6) is -0.305. The van der Waals surface area contributed by atoms with Crippen LogP contribution in [0.1, 0.15) is 18.1 Å². The van der Waals surface area contributed by atoms with E-state index < -0.39 is 5.63 Å². The van der Waals surface area contributed by atoms with Gasteiger partial charge in [0.25, 0.3) is 0 Å². The molecule has 2 aromatic carbocycles. The minimum atomic E-state index is -0.573. The van der Waals surface area contributed by atoms with E-state index in [9.17, 15) is 19.8 Å². The number of aromatic nitrogens is 3. The maximum absolute atomic E-state index is 12.8. The second-order valence-electron chi connectivity index (χ2n) is 8.00. The highest BCUT2D eigenvalue weighted by molar-refractivity contribution is 5.90. The lowest BCUT2D eigenvalue weighted by atomic mass is 9.98.